The minimum absolute atomic E-state index is 0.0587. The number of hydrogen-bond donors (Lipinski definition) is 1. The molecule has 1 heterocycles. The van der Waals surface area contributed by atoms with Gasteiger partial charge in [-0.05, 0) is 79.9 Å². The van der Waals surface area contributed by atoms with Crippen LogP contribution in [0.5, 0.6) is 17.2 Å². The molecule has 4 aromatic rings. The second kappa shape index (κ2) is 13.3. The lowest BCUT2D eigenvalue weighted by Gasteiger charge is -2.06. The lowest BCUT2D eigenvalue weighted by atomic mass is 10.1. The van der Waals surface area contributed by atoms with Gasteiger partial charge in [0.2, 0.25) is 17.6 Å². The molecule has 0 atom stereocenters. The fourth-order valence-electron chi connectivity index (χ4n) is 3.43. The average molecular weight is 538 g/mol. The monoisotopic (exact) mass is 537 g/mol. The van der Waals surface area contributed by atoms with Gasteiger partial charge < -0.3 is 19.2 Å². The molecule has 0 unspecified atom stereocenters. The number of Topliss-reactive ketones (excluding diaryl/α,β-unsaturated/α-hetero) is 1. The first-order valence-corrected chi connectivity index (χ1v) is 12.4. The third-order valence-corrected chi connectivity index (χ3v) is 5.64. The van der Waals surface area contributed by atoms with E-state index in [-0.39, 0.29) is 30.6 Å². The lowest BCUT2D eigenvalue weighted by molar-refractivity contribution is -0.138. The molecule has 0 bridgehead atoms. The van der Waals surface area contributed by atoms with Crippen LogP contribution in [-0.2, 0) is 16.1 Å². The molecule has 8 nitrogen and oxygen atoms in total. The van der Waals surface area contributed by atoms with Gasteiger partial charge in [0.05, 0.1) is 13.2 Å². The largest absolute Gasteiger partial charge is 0.493 e. The number of nitrogens with one attached hydrogen (secondary N) is 1. The fraction of sp³-hybridized carbons (Fsp3) is 0.214. The zero-order valence-electron chi connectivity index (χ0n) is 20.4. The third-order valence-electron chi connectivity index (χ3n) is 5.38. The zero-order chi connectivity index (χ0) is 26.7. The van der Waals surface area contributed by atoms with Gasteiger partial charge in [0.1, 0.15) is 23.1 Å². The van der Waals surface area contributed by atoms with Gasteiger partial charge in [-0.3, -0.25) is 9.59 Å². The van der Waals surface area contributed by atoms with Crippen molar-refractivity contribution in [1.82, 2.24) is 15.5 Å². The molecule has 0 radical (unpaired) electrons. The number of unbranched alkanes of at least 4 members (excludes halogenated alkanes) is 2. The zero-order valence-corrected chi connectivity index (χ0v) is 21.1. The van der Waals surface area contributed by atoms with E-state index in [1.165, 1.54) is 12.1 Å². The smallest absolute Gasteiger partial charge is 0.287 e. The van der Waals surface area contributed by atoms with Crippen molar-refractivity contribution in [2.75, 3.05) is 6.61 Å². The van der Waals surface area contributed by atoms with Gasteiger partial charge in [0.25, 0.3) is 5.91 Å². The Morgan fingerprint density at radius 2 is 1.63 bits per heavy atom. The van der Waals surface area contributed by atoms with Crippen LogP contribution in [-0.4, -0.2) is 28.5 Å². The highest BCUT2D eigenvalue weighted by atomic mass is 35.5. The molecule has 0 spiro atoms. The third kappa shape index (κ3) is 8.14. The number of amides is 1. The molecular formula is C28H25ClFN3O5. The van der Waals surface area contributed by atoms with Crippen molar-refractivity contribution in [2.24, 2.45) is 0 Å². The number of carbonyl (C=O) groups is 2. The van der Waals surface area contributed by atoms with Gasteiger partial charge in [-0.2, -0.15) is 0 Å². The Morgan fingerprint density at radius 3 is 2.37 bits per heavy atom. The minimum atomic E-state index is -0.704. The van der Waals surface area contributed by atoms with E-state index in [9.17, 15) is 14.0 Å². The Kier molecular flexibility index (Phi) is 9.42. The first-order chi connectivity index (χ1) is 18.5. The molecule has 0 aliphatic carbocycles. The van der Waals surface area contributed by atoms with E-state index in [0.717, 1.165) is 0 Å². The molecule has 1 amide bonds. The van der Waals surface area contributed by atoms with Crippen LogP contribution >= 0.6 is 11.6 Å². The highest BCUT2D eigenvalue weighted by molar-refractivity contribution is 6.36. The van der Waals surface area contributed by atoms with Crippen LogP contribution in [0.1, 0.15) is 31.6 Å². The Bertz CT molecular complexity index is 1360. The van der Waals surface area contributed by atoms with E-state index < -0.39 is 11.7 Å². The van der Waals surface area contributed by atoms with Gasteiger partial charge in [-0.25, -0.2) is 4.39 Å². The van der Waals surface area contributed by atoms with Crippen LogP contribution in [0.25, 0.3) is 11.5 Å². The molecule has 10 heteroatoms. The summed E-state index contributed by atoms with van der Waals surface area (Å²) in [5.41, 5.74) is 0.677. The number of nitrogens with zero attached hydrogens (tertiary/aromatic N) is 2. The molecule has 0 fully saturated rings. The number of halogens is 2. The normalized spacial score (nSPS) is 10.7. The molecule has 4 rings (SSSR count). The SMILES string of the molecule is O=C(CCCCCOc1cccc(F)c1)C(=O)NCc1nnc(-c2ccc(Oc3ccc(Cl)cc3)cc2)o1. The van der Waals surface area contributed by atoms with E-state index in [0.29, 0.717) is 53.7 Å². The summed E-state index contributed by atoms with van der Waals surface area (Å²) in [6.07, 6.45) is 2.04. The summed E-state index contributed by atoms with van der Waals surface area (Å²) in [4.78, 5) is 24.2. The predicted octanol–water partition coefficient (Wildman–Crippen LogP) is 6.15. The maximum atomic E-state index is 13.1. The molecule has 1 aromatic heterocycles. The highest BCUT2D eigenvalue weighted by Gasteiger charge is 2.15. The van der Waals surface area contributed by atoms with E-state index in [1.807, 2.05) is 0 Å². The molecule has 0 aliphatic heterocycles. The summed E-state index contributed by atoms with van der Waals surface area (Å²) < 4.78 is 29.9. The highest BCUT2D eigenvalue weighted by Crippen LogP contribution is 2.26. The summed E-state index contributed by atoms with van der Waals surface area (Å²) in [5.74, 6) is 0.617. The molecular weight excluding hydrogens is 513 g/mol. The molecule has 0 aliphatic rings. The van der Waals surface area contributed by atoms with Crippen molar-refractivity contribution in [3.05, 3.63) is 89.5 Å². The molecule has 1 N–H and O–H groups in total. The Labute approximate surface area is 223 Å². The average Bonchev–Trinajstić information content (AvgIpc) is 3.40. The number of ketones is 1. The summed E-state index contributed by atoms with van der Waals surface area (Å²) >= 11 is 5.88. The minimum Gasteiger partial charge on any atom is -0.493 e. The number of aromatic nitrogens is 2. The van der Waals surface area contributed by atoms with Crippen molar-refractivity contribution in [2.45, 2.75) is 32.2 Å². The second-order valence-electron chi connectivity index (χ2n) is 8.30. The molecule has 38 heavy (non-hydrogen) atoms. The first-order valence-electron chi connectivity index (χ1n) is 12.0. The van der Waals surface area contributed by atoms with Gasteiger partial charge in [0, 0.05) is 23.1 Å². The topological polar surface area (TPSA) is 104 Å². The second-order valence-corrected chi connectivity index (χ2v) is 8.74. The number of carbonyl (C=O) groups excluding carboxylic acids is 2. The summed E-state index contributed by atoms with van der Waals surface area (Å²) in [7, 11) is 0. The van der Waals surface area contributed by atoms with Crippen molar-refractivity contribution in [3.8, 4) is 28.7 Å². The quantitative estimate of drug-likeness (QED) is 0.161. The number of benzene rings is 3. The predicted molar refractivity (Wildman–Crippen MR) is 138 cm³/mol. The van der Waals surface area contributed by atoms with Crippen molar-refractivity contribution in [1.29, 1.82) is 0 Å². The van der Waals surface area contributed by atoms with E-state index >= 15 is 0 Å². The molecule has 196 valence electrons. The fourth-order valence-corrected chi connectivity index (χ4v) is 3.55. The number of ether oxygens (including phenoxy) is 2. The van der Waals surface area contributed by atoms with E-state index in [1.54, 1.807) is 60.7 Å². The van der Waals surface area contributed by atoms with Crippen LogP contribution in [0.4, 0.5) is 4.39 Å². The van der Waals surface area contributed by atoms with Gasteiger partial charge in [-0.15, -0.1) is 10.2 Å². The number of rotatable bonds is 13. The van der Waals surface area contributed by atoms with Crippen LogP contribution in [0.15, 0.2) is 77.2 Å². The first kappa shape index (κ1) is 26.8. The van der Waals surface area contributed by atoms with Crippen molar-refractivity contribution < 1.29 is 27.9 Å². The Balaban J connectivity index is 1.15. The maximum Gasteiger partial charge on any atom is 0.287 e. The van der Waals surface area contributed by atoms with Crippen molar-refractivity contribution >= 4 is 23.3 Å². The van der Waals surface area contributed by atoms with E-state index in [2.05, 4.69) is 15.5 Å². The molecule has 0 saturated heterocycles. The number of hydrogen-bond acceptors (Lipinski definition) is 7. The van der Waals surface area contributed by atoms with Gasteiger partial charge in [-0.1, -0.05) is 17.7 Å². The van der Waals surface area contributed by atoms with Gasteiger partial charge in [0.15, 0.2) is 0 Å². The van der Waals surface area contributed by atoms with Gasteiger partial charge >= 0.3 is 0 Å². The van der Waals surface area contributed by atoms with E-state index in [4.69, 9.17) is 25.5 Å². The van der Waals surface area contributed by atoms with Crippen molar-refractivity contribution in [3.63, 3.8) is 0 Å². The van der Waals surface area contributed by atoms with Crippen LogP contribution in [0.2, 0.25) is 5.02 Å². The summed E-state index contributed by atoms with van der Waals surface area (Å²) in [6, 6.07) is 20.0. The Hall–Kier alpha value is -4.24. The Morgan fingerprint density at radius 1 is 0.895 bits per heavy atom. The maximum absolute atomic E-state index is 13.1. The molecule has 0 saturated carbocycles. The summed E-state index contributed by atoms with van der Waals surface area (Å²) in [6.45, 7) is 0.345. The lowest BCUT2D eigenvalue weighted by Crippen LogP contribution is -2.30. The summed E-state index contributed by atoms with van der Waals surface area (Å²) in [5, 5.41) is 11.1. The van der Waals surface area contributed by atoms with Crippen LogP contribution in [0.3, 0.4) is 0 Å². The van der Waals surface area contributed by atoms with Crippen LogP contribution < -0.4 is 14.8 Å². The molecule has 3 aromatic carbocycles. The van der Waals surface area contributed by atoms with Crippen LogP contribution in [0, 0.1) is 5.82 Å². The standard InChI is InChI=1S/C28H25ClFN3O5/c29-20-10-14-23(15-11-20)37-22-12-8-19(9-13-22)28-33-32-26(38-28)18-31-27(35)25(34)7-2-1-3-16-36-24-6-4-5-21(30)17-24/h4-6,8-15,17H,1-3,7,16,18H2,(H,31,35).